The van der Waals surface area contributed by atoms with Crippen molar-refractivity contribution >= 4 is 22.6 Å². The number of aromatic amines is 2. The molecule has 1 fully saturated rings. The lowest BCUT2D eigenvalue weighted by atomic mass is 10.0. The third-order valence-electron chi connectivity index (χ3n) is 8.16. The van der Waals surface area contributed by atoms with Crippen molar-refractivity contribution in [2.45, 2.75) is 73.1 Å². The second-order valence-corrected chi connectivity index (χ2v) is 11.3. The number of carbonyl (C=O) groups is 1. The van der Waals surface area contributed by atoms with E-state index in [2.05, 4.69) is 27.2 Å². The predicted molar refractivity (Wildman–Crippen MR) is 181 cm³/mol. The van der Waals surface area contributed by atoms with Crippen molar-refractivity contribution in [3.05, 3.63) is 75.2 Å². The fourth-order valence-electron chi connectivity index (χ4n) is 5.86. The van der Waals surface area contributed by atoms with Gasteiger partial charge in [0.1, 0.15) is 29.8 Å². The number of benzene rings is 2. The number of aliphatic hydroxyl groups excluding tert-OH is 1. The van der Waals surface area contributed by atoms with Crippen LogP contribution < -0.4 is 15.6 Å². The second kappa shape index (κ2) is 15.2. The summed E-state index contributed by atoms with van der Waals surface area (Å²) in [5, 5.41) is 13.8. The number of anilines is 1. The lowest BCUT2D eigenvalue weighted by molar-refractivity contribution is 0.0617. The van der Waals surface area contributed by atoms with Gasteiger partial charge >= 0.3 is 0 Å². The van der Waals surface area contributed by atoms with E-state index in [0.717, 1.165) is 53.9 Å². The summed E-state index contributed by atoms with van der Waals surface area (Å²) in [7, 11) is 2.12. The van der Waals surface area contributed by atoms with E-state index < -0.39 is 6.10 Å². The van der Waals surface area contributed by atoms with Gasteiger partial charge in [0.05, 0.1) is 16.7 Å². The van der Waals surface area contributed by atoms with E-state index in [1.165, 1.54) is 0 Å². The molecular formula is C35H48N6O4. The minimum Gasteiger partial charge on any atom is -0.491 e. The Morgan fingerprint density at radius 2 is 1.80 bits per heavy atom. The maximum Gasteiger partial charge on any atom is 0.261 e. The van der Waals surface area contributed by atoms with Gasteiger partial charge in [0, 0.05) is 30.9 Å². The van der Waals surface area contributed by atoms with E-state index in [4.69, 9.17) is 9.72 Å². The van der Waals surface area contributed by atoms with Crippen LogP contribution in [-0.4, -0.2) is 81.2 Å². The van der Waals surface area contributed by atoms with Crippen molar-refractivity contribution in [1.82, 2.24) is 24.8 Å². The summed E-state index contributed by atoms with van der Waals surface area (Å²) in [6, 6.07) is 11.7. The largest absolute Gasteiger partial charge is 0.491 e. The van der Waals surface area contributed by atoms with Gasteiger partial charge in [0.15, 0.2) is 0 Å². The number of piperidine rings is 1. The van der Waals surface area contributed by atoms with Gasteiger partial charge in [-0.15, -0.1) is 0 Å². The van der Waals surface area contributed by atoms with Crippen LogP contribution in [0.5, 0.6) is 5.75 Å². The Kier molecular flexibility index (Phi) is 11.4. The highest BCUT2D eigenvalue weighted by molar-refractivity contribution is 6.02. The number of aromatic nitrogens is 3. The zero-order chi connectivity index (χ0) is 32.7. The lowest BCUT2D eigenvalue weighted by Gasteiger charge is -2.34. The number of rotatable bonds is 8. The van der Waals surface area contributed by atoms with Crippen LogP contribution >= 0.6 is 0 Å². The summed E-state index contributed by atoms with van der Waals surface area (Å²) in [5.41, 5.74) is 5.78. The summed E-state index contributed by atoms with van der Waals surface area (Å²) in [5.74, 6) is 1.18. The van der Waals surface area contributed by atoms with Gasteiger partial charge in [-0.2, -0.15) is 0 Å². The third kappa shape index (κ3) is 7.57. The molecule has 1 amide bonds. The number of H-pyrrole nitrogens is 2. The highest BCUT2D eigenvalue weighted by atomic mass is 16.5. The van der Waals surface area contributed by atoms with Crippen LogP contribution in [0.15, 0.2) is 47.4 Å². The zero-order valence-corrected chi connectivity index (χ0v) is 27.7. The van der Waals surface area contributed by atoms with E-state index in [9.17, 15) is 14.7 Å². The standard InChI is InChI=1S/C31H36N6O4.2C2H6/c1-18-4-5-27(19(2)12-18)41-17-22(38)15-33-24-6-9-32-30(39)28(24)29-34-25-13-20-16-37(21-7-10-36(3)11-8-21)31(40)23(20)14-26(25)35-29;2*1-2/h4-6,9,12-14,21-22,38H,7-8,10-11,15-17H2,1-3H3,(H,34,35)(H2,32,33,39);2*1-2H3. The van der Waals surface area contributed by atoms with Crippen LogP contribution in [0.3, 0.4) is 0 Å². The molecule has 1 saturated heterocycles. The molecule has 4 N–H and O–H groups in total. The smallest absolute Gasteiger partial charge is 0.261 e. The maximum atomic E-state index is 13.3. The number of amides is 1. The van der Waals surface area contributed by atoms with Crippen molar-refractivity contribution < 1.29 is 14.6 Å². The highest BCUT2D eigenvalue weighted by Crippen LogP contribution is 2.32. The molecular weight excluding hydrogens is 568 g/mol. The van der Waals surface area contributed by atoms with Crippen molar-refractivity contribution in [2.24, 2.45) is 0 Å². The number of pyridine rings is 1. The van der Waals surface area contributed by atoms with E-state index in [0.29, 0.717) is 34.7 Å². The first kappa shape index (κ1) is 33.7. The average Bonchev–Trinajstić information content (AvgIpc) is 3.60. The number of imidazole rings is 1. The summed E-state index contributed by atoms with van der Waals surface area (Å²) >= 11 is 0. The molecule has 10 heteroatoms. The number of nitrogens with one attached hydrogen (secondary N) is 3. The van der Waals surface area contributed by atoms with Crippen LogP contribution in [0.2, 0.25) is 0 Å². The van der Waals surface area contributed by atoms with E-state index >= 15 is 0 Å². The van der Waals surface area contributed by atoms with Crippen LogP contribution in [0.4, 0.5) is 5.69 Å². The SMILES string of the molecule is CC.CC.Cc1ccc(OCC(O)CNc2cc[nH]c(=O)c2-c2nc3cc4c(cc3[nH]2)CN(C2CCN(C)CC2)C4=O)c(C)c1. The molecule has 4 aromatic rings. The first-order valence-corrected chi connectivity index (χ1v) is 16.1. The second-order valence-electron chi connectivity index (χ2n) is 11.3. The van der Waals surface area contributed by atoms with Crippen molar-refractivity contribution in [2.75, 3.05) is 38.6 Å². The van der Waals surface area contributed by atoms with Gasteiger partial charge in [-0.25, -0.2) is 4.98 Å². The molecule has 1 unspecified atom stereocenters. The minimum absolute atomic E-state index is 0.0537. The van der Waals surface area contributed by atoms with Crippen LogP contribution in [0, 0.1) is 13.8 Å². The topological polar surface area (TPSA) is 127 Å². The fraction of sp³-hybridized carbons (Fsp3) is 0.457. The lowest BCUT2D eigenvalue weighted by Crippen LogP contribution is -2.43. The number of ether oxygens (including phenoxy) is 1. The Labute approximate surface area is 265 Å². The van der Waals surface area contributed by atoms with E-state index in [-0.39, 0.29) is 30.7 Å². The molecule has 0 saturated carbocycles. The van der Waals surface area contributed by atoms with Crippen molar-refractivity contribution in [1.29, 1.82) is 0 Å². The molecule has 2 aliphatic heterocycles. The Morgan fingerprint density at radius 3 is 2.51 bits per heavy atom. The zero-order valence-electron chi connectivity index (χ0n) is 27.7. The third-order valence-corrected chi connectivity index (χ3v) is 8.16. The highest BCUT2D eigenvalue weighted by Gasteiger charge is 2.34. The summed E-state index contributed by atoms with van der Waals surface area (Å²) in [6.07, 6.45) is 2.71. The monoisotopic (exact) mass is 616 g/mol. The first-order valence-electron chi connectivity index (χ1n) is 16.1. The molecule has 2 aliphatic rings. The normalized spacial score (nSPS) is 15.6. The first-order chi connectivity index (χ1) is 21.8. The van der Waals surface area contributed by atoms with Gasteiger partial charge in [0.25, 0.3) is 11.5 Å². The maximum absolute atomic E-state index is 13.3. The molecule has 2 aromatic carbocycles. The molecule has 0 aliphatic carbocycles. The predicted octanol–water partition coefficient (Wildman–Crippen LogP) is 5.49. The summed E-state index contributed by atoms with van der Waals surface area (Å²) in [6.45, 7) is 14.9. The summed E-state index contributed by atoms with van der Waals surface area (Å²) < 4.78 is 5.81. The summed E-state index contributed by atoms with van der Waals surface area (Å²) in [4.78, 5) is 41.2. The van der Waals surface area contributed by atoms with Gasteiger partial charge in [-0.05, 0) is 82.2 Å². The average molecular weight is 617 g/mol. The number of hydrogen-bond donors (Lipinski definition) is 4. The van der Waals surface area contributed by atoms with Gasteiger partial charge in [-0.3, -0.25) is 9.59 Å². The quantitative estimate of drug-likeness (QED) is 0.206. The Bertz CT molecular complexity index is 1650. The van der Waals surface area contributed by atoms with Crippen molar-refractivity contribution in [3.8, 4) is 17.1 Å². The van der Waals surface area contributed by atoms with Crippen LogP contribution in [0.1, 0.15) is 67.6 Å². The molecule has 45 heavy (non-hydrogen) atoms. The van der Waals surface area contributed by atoms with Gasteiger partial charge < -0.3 is 34.9 Å². The number of likely N-dealkylation sites (tertiary alicyclic amines) is 1. The molecule has 1 atom stereocenters. The molecule has 0 radical (unpaired) electrons. The number of fused-ring (bicyclic) bond motifs is 2. The molecule has 10 nitrogen and oxygen atoms in total. The number of aryl methyl sites for hydroxylation is 2. The fourth-order valence-corrected chi connectivity index (χ4v) is 5.86. The number of carbonyl (C=O) groups excluding carboxylic acids is 1. The van der Waals surface area contributed by atoms with E-state index in [1.54, 1.807) is 12.3 Å². The molecule has 242 valence electrons. The van der Waals surface area contributed by atoms with Gasteiger partial charge in [-0.1, -0.05) is 45.4 Å². The molecule has 0 bridgehead atoms. The Hall–Kier alpha value is -4.15. The number of hydrogen-bond acceptors (Lipinski definition) is 7. The van der Waals surface area contributed by atoms with Crippen molar-refractivity contribution in [3.63, 3.8) is 0 Å². The van der Waals surface area contributed by atoms with Crippen LogP contribution in [0.25, 0.3) is 22.4 Å². The molecule has 2 aromatic heterocycles. The number of aliphatic hydroxyl groups is 1. The van der Waals surface area contributed by atoms with Gasteiger partial charge in [0.2, 0.25) is 0 Å². The van der Waals surface area contributed by atoms with Crippen LogP contribution in [-0.2, 0) is 6.54 Å². The Balaban J connectivity index is 0.00000111. The minimum atomic E-state index is -0.806. The van der Waals surface area contributed by atoms with E-state index in [1.807, 2.05) is 76.8 Å². The molecule has 6 rings (SSSR count). The Morgan fingerprint density at radius 1 is 1.07 bits per heavy atom. The molecule has 0 spiro atoms. The number of nitrogens with zero attached hydrogens (tertiary/aromatic N) is 3. The molecule has 4 heterocycles.